The summed E-state index contributed by atoms with van der Waals surface area (Å²) < 4.78 is 37.5. The van der Waals surface area contributed by atoms with Crippen molar-refractivity contribution >= 4 is 12.1 Å². The second-order valence-electron chi connectivity index (χ2n) is 5.84. The number of hydrogen-bond donors (Lipinski definition) is 1. The number of amidine groups is 1. The normalized spacial score (nSPS) is 17.0. The molecule has 0 saturated heterocycles. The predicted octanol–water partition coefficient (Wildman–Crippen LogP) is 3.87. The van der Waals surface area contributed by atoms with E-state index in [1.54, 1.807) is 0 Å². The van der Waals surface area contributed by atoms with Crippen molar-refractivity contribution in [3.8, 4) is 0 Å². The zero-order valence-electron chi connectivity index (χ0n) is 12.4. The molecular formula is C15H16F3N3O. The van der Waals surface area contributed by atoms with Crippen LogP contribution in [-0.4, -0.2) is 27.9 Å². The molecule has 22 heavy (non-hydrogen) atoms. The Bertz CT molecular complexity index is 637. The molecule has 0 atom stereocenters. The fourth-order valence-corrected chi connectivity index (χ4v) is 1.64. The van der Waals surface area contributed by atoms with Crippen molar-refractivity contribution in [3.63, 3.8) is 0 Å². The monoisotopic (exact) mass is 311 g/mol. The molecule has 2 rings (SSSR count). The molecule has 1 N–H and O–H groups in total. The molecule has 0 aliphatic carbocycles. The number of aliphatic imine (C=N–C) groups is 2. The van der Waals surface area contributed by atoms with Crippen molar-refractivity contribution in [2.75, 3.05) is 0 Å². The van der Waals surface area contributed by atoms with Crippen LogP contribution in [0.4, 0.5) is 13.2 Å². The first-order valence-electron chi connectivity index (χ1n) is 6.58. The molecule has 1 aliphatic rings. The van der Waals surface area contributed by atoms with Crippen LogP contribution >= 0.6 is 0 Å². The van der Waals surface area contributed by atoms with Crippen molar-refractivity contribution in [2.45, 2.75) is 32.5 Å². The van der Waals surface area contributed by atoms with Gasteiger partial charge in [0.05, 0.1) is 23.5 Å². The molecule has 1 aromatic carbocycles. The maximum Gasteiger partial charge on any atom is 0.416 e. The quantitative estimate of drug-likeness (QED) is 0.843. The summed E-state index contributed by atoms with van der Waals surface area (Å²) in [5, 5.41) is 10.8. The van der Waals surface area contributed by atoms with E-state index in [-0.39, 0.29) is 0 Å². The molecule has 0 saturated carbocycles. The minimum atomic E-state index is -4.37. The highest BCUT2D eigenvalue weighted by molar-refractivity contribution is 6.10. The topological polar surface area (TPSA) is 48.2 Å². The zero-order chi connectivity index (χ0) is 16.5. The van der Waals surface area contributed by atoms with Crippen molar-refractivity contribution in [1.82, 2.24) is 5.06 Å². The van der Waals surface area contributed by atoms with Crippen molar-refractivity contribution < 1.29 is 18.4 Å². The summed E-state index contributed by atoms with van der Waals surface area (Å²) in [5.41, 5.74) is -0.308. The number of rotatable bonds is 2. The van der Waals surface area contributed by atoms with Crippen LogP contribution in [0.2, 0.25) is 0 Å². The van der Waals surface area contributed by atoms with Crippen LogP contribution in [-0.2, 0) is 6.18 Å². The van der Waals surface area contributed by atoms with E-state index in [2.05, 4.69) is 9.98 Å². The summed E-state index contributed by atoms with van der Waals surface area (Å²) in [5.74, 6) is 0.308. The fraction of sp³-hybridized carbons (Fsp3) is 0.333. The van der Waals surface area contributed by atoms with Crippen LogP contribution in [0.1, 0.15) is 31.9 Å². The van der Waals surface area contributed by atoms with Gasteiger partial charge in [-0.05, 0) is 32.9 Å². The van der Waals surface area contributed by atoms with Gasteiger partial charge in [0, 0.05) is 5.56 Å². The van der Waals surface area contributed by atoms with Crippen LogP contribution in [0.15, 0.2) is 46.1 Å². The first kappa shape index (κ1) is 16.2. The highest BCUT2D eigenvalue weighted by Crippen LogP contribution is 2.29. The lowest BCUT2D eigenvalue weighted by molar-refractivity contribution is -0.137. The minimum absolute atomic E-state index is 0.308. The molecule has 0 amide bonds. The zero-order valence-corrected chi connectivity index (χ0v) is 12.4. The van der Waals surface area contributed by atoms with E-state index in [0.717, 1.165) is 17.2 Å². The summed E-state index contributed by atoms with van der Waals surface area (Å²) >= 11 is 0. The summed E-state index contributed by atoms with van der Waals surface area (Å²) in [6.07, 6.45) is -1.50. The van der Waals surface area contributed by atoms with E-state index in [9.17, 15) is 18.4 Å². The van der Waals surface area contributed by atoms with E-state index in [4.69, 9.17) is 0 Å². The van der Waals surface area contributed by atoms with Gasteiger partial charge in [-0.2, -0.15) is 13.2 Å². The Kier molecular flexibility index (Phi) is 4.10. The lowest BCUT2D eigenvalue weighted by Crippen LogP contribution is -2.34. The van der Waals surface area contributed by atoms with Crippen molar-refractivity contribution in [3.05, 3.63) is 47.3 Å². The van der Waals surface area contributed by atoms with Gasteiger partial charge in [0.1, 0.15) is 5.70 Å². The van der Waals surface area contributed by atoms with Gasteiger partial charge in [-0.25, -0.2) is 9.98 Å². The van der Waals surface area contributed by atoms with Crippen LogP contribution in [0.25, 0.3) is 0 Å². The average Bonchev–Trinajstić information content (AvgIpc) is 2.85. The number of allylic oxidation sites excluding steroid dienone is 1. The second-order valence-corrected chi connectivity index (χ2v) is 5.84. The fourth-order valence-electron chi connectivity index (χ4n) is 1.64. The molecule has 1 aromatic rings. The third-order valence-corrected chi connectivity index (χ3v) is 2.97. The van der Waals surface area contributed by atoms with E-state index in [1.807, 2.05) is 20.8 Å². The molecule has 0 aromatic heterocycles. The first-order chi connectivity index (χ1) is 10.1. The summed E-state index contributed by atoms with van der Waals surface area (Å²) in [6, 6.07) is 4.62. The van der Waals surface area contributed by atoms with Gasteiger partial charge in [0.2, 0.25) is 0 Å². The molecule has 0 radical (unpaired) electrons. The van der Waals surface area contributed by atoms with Gasteiger partial charge < -0.3 is 0 Å². The molecule has 7 heteroatoms. The van der Waals surface area contributed by atoms with Crippen molar-refractivity contribution in [1.29, 1.82) is 0 Å². The Morgan fingerprint density at radius 2 is 1.68 bits per heavy atom. The molecule has 118 valence electrons. The molecule has 1 heterocycles. The van der Waals surface area contributed by atoms with Crippen LogP contribution in [0.3, 0.4) is 0 Å². The first-order valence-corrected chi connectivity index (χ1v) is 6.58. The third kappa shape index (κ3) is 3.73. The van der Waals surface area contributed by atoms with Gasteiger partial charge in [0.15, 0.2) is 5.84 Å². The molecule has 0 unspecified atom stereocenters. The standard InChI is InChI=1S/C15H16F3N3O/c1-14(2,3)21(22)9-12-8-19-13(20-12)10-4-6-11(7-5-10)15(16,17)18/h4-9,22H,1-3H3/b12-9+. The van der Waals surface area contributed by atoms with Gasteiger partial charge >= 0.3 is 6.18 Å². The predicted molar refractivity (Wildman–Crippen MR) is 77.9 cm³/mol. The van der Waals surface area contributed by atoms with Crippen LogP contribution in [0.5, 0.6) is 0 Å². The second kappa shape index (κ2) is 5.57. The number of alkyl halides is 3. The van der Waals surface area contributed by atoms with Gasteiger partial charge in [-0.15, -0.1) is 0 Å². The highest BCUT2D eigenvalue weighted by Gasteiger charge is 2.30. The minimum Gasteiger partial charge on any atom is -0.288 e. The molecule has 1 aliphatic heterocycles. The largest absolute Gasteiger partial charge is 0.416 e. The number of hydroxylamine groups is 2. The van der Waals surface area contributed by atoms with Crippen molar-refractivity contribution in [2.24, 2.45) is 9.98 Å². The maximum absolute atomic E-state index is 12.5. The van der Waals surface area contributed by atoms with E-state index in [0.29, 0.717) is 17.1 Å². The summed E-state index contributed by atoms with van der Waals surface area (Å²) in [6.45, 7) is 5.45. The number of benzene rings is 1. The molecule has 0 bridgehead atoms. The Balaban J connectivity index is 2.20. The van der Waals surface area contributed by atoms with E-state index < -0.39 is 17.3 Å². The highest BCUT2D eigenvalue weighted by atomic mass is 19.4. The number of halogens is 3. The molecule has 0 fully saturated rings. The lowest BCUT2D eigenvalue weighted by Gasteiger charge is -2.27. The average molecular weight is 311 g/mol. The van der Waals surface area contributed by atoms with Crippen LogP contribution in [0, 0.1) is 0 Å². The number of hydrogen-bond acceptors (Lipinski definition) is 4. The Morgan fingerprint density at radius 3 is 2.18 bits per heavy atom. The summed E-state index contributed by atoms with van der Waals surface area (Å²) in [7, 11) is 0. The van der Waals surface area contributed by atoms with E-state index in [1.165, 1.54) is 24.5 Å². The lowest BCUT2D eigenvalue weighted by atomic mass is 10.1. The Labute approximate surface area is 126 Å². The molecular weight excluding hydrogens is 295 g/mol. The van der Waals surface area contributed by atoms with E-state index >= 15 is 0 Å². The van der Waals surface area contributed by atoms with Gasteiger partial charge in [-0.1, -0.05) is 12.1 Å². The Morgan fingerprint density at radius 1 is 1.09 bits per heavy atom. The molecule has 0 spiro atoms. The van der Waals surface area contributed by atoms with Crippen LogP contribution < -0.4 is 0 Å². The van der Waals surface area contributed by atoms with Gasteiger partial charge in [0.25, 0.3) is 0 Å². The SMILES string of the molecule is CC(C)(C)N(O)/C=C1\C=NC(c2ccc(C(F)(F)F)cc2)=N1. The molecule has 4 nitrogen and oxygen atoms in total. The number of nitrogens with zero attached hydrogens (tertiary/aromatic N) is 3. The Hall–Kier alpha value is -2.15. The smallest absolute Gasteiger partial charge is 0.288 e. The summed E-state index contributed by atoms with van der Waals surface area (Å²) in [4.78, 5) is 8.23. The third-order valence-electron chi connectivity index (χ3n) is 2.97. The van der Waals surface area contributed by atoms with Gasteiger partial charge in [-0.3, -0.25) is 10.3 Å². The maximum atomic E-state index is 12.5.